The van der Waals surface area contributed by atoms with Crippen molar-refractivity contribution in [1.82, 2.24) is 14.4 Å². The van der Waals surface area contributed by atoms with Crippen molar-refractivity contribution in [2.75, 3.05) is 13.1 Å². The molecule has 0 atom stereocenters. The van der Waals surface area contributed by atoms with E-state index >= 15 is 0 Å². The summed E-state index contributed by atoms with van der Waals surface area (Å²) in [5.74, 6) is -1.22. The van der Waals surface area contributed by atoms with E-state index in [1.54, 1.807) is 24.4 Å². The van der Waals surface area contributed by atoms with Crippen molar-refractivity contribution in [2.24, 2.45) is 0 Å². The summed E-state index contributed by atoms with van der Waals surface area (Å²) in [5.41, 5.74) is 1.95. The van der Waals surface area contributed by atoms with E-state index in [0.717, 1.165) is 10.9 Å². The lowest BCUT2D eigenvalue weighted by atomic mass is 10.1. The van der Waals surface area contributed by atoms with Gasteiger partial charge in [-0.1, -0.05) is 35.9 Å². The Labute approximate surface area is 195 Å². The van der Waals surface area contributed by atoms with Crippen LogP contribution in [-0.4, -0.2) is 44.4 Å². The average Bonchev–Trinajstić information content (AvgIpc) is 3.12. The average molecular weight is 470 g/mol. The minimum Gasteiger partial charge on any atom is -0.342 e. The van der Waals surface area contributed by atoms with Crippen molar-refractivity contribution in [3.05, 3.63) is 76.2 Å². The van der Waals surface area contributed by atoms with Gasteiger partial charge in [0.25, 0.3) is 11.8 Å². The summed E-state index contributed by atoms with van der Waals surface area (Å²) in [6.07, 6.45) is 3.40. The van der Waals surface area contributed by atoms with Crippen molar-refractivity contribution in [3.8, 4) is 0 Å². The Hall–Kier alpha value is -3.03. The third-order valence-electron chi connectivity index (χ3n) is 5.55. The molecule has 1 aromatic heterocycles. The summed E-state index contributed by atoms with van der Waals surface area (Å²) in [6.45, 7) is 4.58. The topological polar surface area (TPSA) is 45.6 Å². The van der Waals surface area contributed by atoms with Crippen LogP contribution in [0.4, 0.5) is 4.39 Å². The SMILES string of the molecule is CCN1C(=O)C(=Cc2cn(Cc3c(F)cccc3Cl)c3ccccc23)C(=O)N(CC)C1=S. The van der Waals surface area contributed by atoms with E-state index in [2.05, 4.69) is 0 Å². The zero-order chi connectivity index (χ0) is 23.0. The molecule has 4 rings (SSSR count). The number of carbonyl (C=O) groups is 2. The first-order valence-electron chi connectivity index (χ1n) is 10.3. The van der Waals surface area contributed by atoms with Crippen LogP contribution in [0.25, 0.3) is 17.0 Å². The van der Waals surface area contributed by atoms with E-state index in [-0.39, 0.29) is 17.2 Å². The van der Waals surface area contributed by atoms with Gasteiger partial charge in [0.05, 0.1) is 6.54 Å². The molecule has 0 N–H and O–H groups in total. The second kappa shape index (κ2) is 8.84. The van der Waals surface area contributed by atoms with Gasteiger partial charge < -0.3 is 4.57 Å². The van der Waals surface area contributed by atoms with Crippen molar-refractivity contribution in [2.45, 2.75) is 20.4 Å². The quantitative estimate of drug-likeness (QED) is 0.304. The van der Waals surface area contributed by atoms with Gasteiger partial charge in [0.2, 0.25) is 0 Å². The van der Waals surface area contributed by atoms with Gasteiger partial charge >= 0.3 is 0 Å². The minimum atomic E-state index is -0.416. The van der Waals surface area contributed by atoms with Crippen molar-refractivity contribution in [3.63, 3.8) is 0 Å². The Bertz CT molecular complexity index is 1240. The first kappa shape index (κ1) is 22.2. The molecule has 3 aromatic rings. The van der Waals surface area contributed by atoms with Crippen LogP contribution in [0.5, 0.6) is 0 Å². The molecule has 32 heavy (non-hydrogen) atoms. The number of likely N-dealkylation sites (N-methyl/N-ethyl adjacent to an activating group) is 2. The van der Waals surface area contributed by atoms with Gasteiger partial charge in [-0.3, -0.25) is 19.4 Å². The molecule has 8 heteroatoms. The maximum atomic E-state index is 14.4. The van der Waals surface area contributed by atoms with E-state index in [0.29, 0.717) is 29.2 Å². The van der Waals surface area contributed by atoms with Gasteiger partial charge in [0, 0.05) is 46.3 Å². The highest BCUT2D eigenvalue weighted by molar-refractivity contribution is 7.80. The fraction of sp³-hybridized carbons (Fsp3) is 0.208. The predicted molar refractivity (Wildman–Crippen MR) is 128 cm³/mol. The monoisotopic (exact) mass is 469 g/mol. The molecule has 0 unspecified atom stereocenters. The fourth-order valence-corrected chi connectivity index (χ4v) is 4.56. The maximum Gasteiger partial charge on any atom is 0.265 e. The number of thiocarbonyl (C=S) groups is 1. The number of aromatic nitrogens is 1. The Morgan fingerprint density at radius 3 is 2.28 bits per heavy atom. The molecule has 1 saturated heterocycles. The summed E-state index contributed by atoms with van der Waals surface area (Å²) in [7, 11) is 0. The van der Waals surface area contributed by atoms with Crippen LogP contribution in [0, 0.1) is 5.82 Å². The molecule has 2 aromatic carbocycles. The van der Waals surface area contributed by atoms with Crippen LogP contribution >= 0.6 is 23.8 Å². The summed E-state index contributed by atoms with van der Waals surface area (Å²) in [4.78, 5) is 28.9. The molecule has 1 aliphatic heterocycles. The molecule has 0 saturated carbocycles. The molecule has 2 amide bonds. The number of benzene rings is 2. The van der Waals surface area contributed by atoms with E-state index < -0.39 is 17.6 Å². The van der Waals surface area contributed by atoms with Gasteiger partial charge in [-0.25, -0.2) is 4.39 Å². The number of fused-ring (bicyclic) bond motifs is 1. The normalized spacial score (nSPS) is 14.6. The van der Waals surface area contributed by atoms with Crippen molar-refractivity contribution in [1.29, 1.82) is 0 Å². The zero-order valence-electron chi connectivity index (χ0n) is 17.6. The highest BCUT2D eigenvalue weighted by atomic mass is 35.5. The predicted octanol–water partition coefficient (Wildman–Crippen LogP) is 4.86. The first-order chi connectivity index (χ1) is 15.4. The molecule has 0 radical (unpaired) electrons. The Kier molecular flexibility index (Phi) is 6.13. The second-order valence-electron chi connectivity index (χ2n) is 7.37. The molecule has 1 fully saturated rings. The molecule has 1 aliphatic rings. The van der Waals surface area contributed by atoms with Crippen LogP contribution in [0.2, 0.25) is 5.02 Å². The number of halogens is 2. The van der Waals surface area contributed by atoms with E-state index in [4.69, 9.17) is 23.8 Å². The van der Waals surface area contributed by atoms with Crippen molar-refractivity contribution >= 4 is 57.7 Å². The van der Waals surface area contributed by atoms with Crippen molar-refractivity contribution < 1.29 is 14.0 Å². The van der Waals surface area contributed by atoms with Crippen LogP contribution in [0.15, 0.2) is 54.2 Å². The van der Waals surface area contributed by atoms with E-state index in [9.17, 15) is 14.0 Å². The van der Waals surface area contributed by atoms with Crippen LogP contribution in [0.1, 0.15) is 25.0 Å². The number of carbonyl (C=O) groups excluding carboxylic acids is 2. The van der Waals surface area contributed by atoms with Gasteiger partial charge in [-0.15, -0.1) is 0 Å². The van der Waals surface area contributed by atoms with E-state index in [1.807, 2.05) is 42.7 Å². The molecular weight excluding hydrogens is 449 g/mol. The van der Waals surface area contributed by atoms with Crippen LogP contribution < -0.4 is 0 Å². The molecule has 0 bridgehead atoms. The second-order valence-corrected chi connectivity index (χ2v) is 8.14. The van der Waals surface area contributed by atoms with E-state index in [1.165, 1.54) is 15.9 Å². The number of para-hydroxylation sites is 1. The molecule has 0 spiro atoms. The number of hydrogen-bond donors (Lipinski definition) is 0. The molecule has 164 valence electrons. The molecule has 2 heterocycles. The zero-order valence-corrected chi connectivity index (χ0v) is 19.2. The fourth-order valence-electron chi connectivity index (χ4n) is 3.91. The minimum absolute atomic E-state index is 0.0501. The third-order valence-corrected chi connectivity index (χ3v) is 6.35. The summed E-state index contributed by atoms with van der Waals surface area (Å²) in [5, 5.41) is 1.40. The maximum absolute atomic E-state index is 14.4. The summed E-state index contributed by atoms with van der Waals surface area (Å²) >= 11 is 11.6. The lowest BCUT2D eigenvalue weighted by molar-refractivity contribution is -0.133. The smallest absolute Gasteiger partial charge is 0.265 e. The lowest BCUT2D eigenvalue weighted by Gasteiger charge is -2.35. The summed E-state index contributed by atoms with van der Waals surface area (Å²) < 4.78 is 16.3. The molecular formula is C24H21ClFN3O2S. The highest BCUT2D eigenvalue weighted by Gasteiger charge is 2.38. The highest BCUT2D eigenvalue weighted by Crippen LogP contribution is 2.29. The molecule has 5 nitrogen and oxygen atoms in total. The Balaban J connectivity index is 1.83. The van der Waals surface area contributed by atoms with Crippen LogP contribution in [-0.2, 0) is 16.1 Å². The third kappa shape index (κ3) is 3.72. The molecule has 0 aliphatic carbocycles. The summed E-state index contributed by atoms with van der Waals surface area (Å²) in [6, 6.07) is 12.1. The number of nitrogens with zero attached hydrogens (tertiary/aromatic N) is 3. The van der Waals surface area contributed by atoms with Gasteiger partial charge in [0.15, 0.2) is 5.11 Å². The number of rotatable bonds is 5. The van der Waals surface area contributed by atoms with Gasteiger partial charge in [-0.05, 0) is 50.3 Å². The number of hydrogen-bond acceptors (Lipinski definition) is 3. The first-order valence-corrected chi connectivity index (χ1v) is 11.1. The Morgan fingerprint density at radius 1 is 1.00 bits per heavy atom. The number of amides is 2. The standard InChI is InChI=1S/C24H21ClFN3O2S/c1-3-28-22(30)17(23(31)29(4-2)24(28)32)12-15-13-27(21-11-6-5-8-16(15)21)14-18-19(25)9-7-10-20(18)26/h5-13H,3-4,14H2,1-2H3. The van der Waals surface area contributed by atoms with Crippen LogP contribution in [0.3, 0.4) is 0 Å². The van der Waals surface area contributed by atoms with Gasteiger partial charge in [0.1, 0.15) is 11.4 Å². The largest absolute Gasteiger partial charge is 0.342 e. The lowest BCUT2D eigenvalue weighted by Crippen LogP contribution is -2.55. The van der Waals surface area contributed by atoms with Gasteiger partial charge in [-0.2, -0.15) is 0 Å². The Morgan fingerprint density at radius 2 is 1.66 bits per heavy atom.